The molecular weight excluding hydrogens is 206 g/mol. The Hall–Kier alpha value is -1.19. The minimum absolute atomic E-state index is 0.590. The third-order valence-electron chi connectivity index (χ3n) is 2.42. The van der Waals surface area contributed by atoms with Gasteiger partial charge in [-0.25, -0.2) is 0 Å². The predicted octanol–water partition coefficient (Wildman–Crippen LogP) is 2.79. The van der Waals surface area contributed by atoms with E-state index in [1.165, 1.54) is 0 Å². The van der Waals surface area contributed by atoms with E-state index < -0.39 is 6.10 Å². The second-order valence-electron chi connectivity index (χ2n) is 3.36. The summed E-state index contributed by atoms with van der Waals surface area (Å²) in [6.45, 7) is 2.07. The lowest BCUT2D eigenvalue weighted by Crippen LogP contribution is -2.04. The molecule has 2 aromatic rings. The molecule has 0 aliphatic carbocycles. The van der Waals surface area contributed by atoms with E-state index in [0.717, 1.165) is 23.2 Å². The van der Waals surface area contributed by atoms with Gasteiger partial charge >= 0.3 is 0 Å². The molecule has 0 bridgehead atoms. The molecule has 0 amide bonds. The molecule has 0 spiro atoms. The van der Waals surface area contributed by atoms with Gasteiger partial charge in [-0.15, -0.1) is 0 Å². The summed E-state index contributed by atoms with van der Waals surface area (Å²) < 4.78 is 0. The zero-order valence-electron chi connectivity index (χ0n) is 8.55. The number of aliphatic hydroxyl groups is 1. The first-order valence-electron chi connectivity index (χ1n) is 4.97. The van der Waals surface area contributed by atoms with E-state index in [2.05, 4.69) is 11.9 Å². The molecule has 0 saturated carbocycles. The van der Waals surface area contributed by atoms with Crippen LogP contribution in [0.4, 0.5) is 0 Å². The normalized spacial score (nSPS) is 12.7. The van der Waals surface area contributed by atoms with Gasteiger partial charge in [0.25, 0.3) is 0 Å². The topological polar surface area (TPSA) is 33.1 Å². The van der Waals surface area contributed by atoms with Crippen molar-refractivity contribution in [3.05, 3.63) is 52.0 Å². The molecule has 1 unspecified atom stereocenters. The van der Waals surface area contributed by atoms with Crippen LogP contribution in [0.1, 0.15) is 29.8 Å². The fraction of sp³-hybridized carbons (Fsp3) is 0.250. The Bertz CT molecular complexity index is 425. The highest BCUT2D eigenvalue weighted by atomic mass is 32.1. The summed E-state index contributed by atoms with van der Waals surface area (Å²) in [4.78, 5) is 4.26. The largest absolute Gasteiger partial charge is 0.382 e. The van der Waals surface area contributed by atoms with Crippen LogP contribution in [0.5, 0.6) is 0 Å². The van der Waals surface area contributed by atoms with Crippen LogP contribution >= 0.6 is 11.3 Å². The number of aryl methyl sites for hydroxylation is 1. The van der Waals surface area contributed by atoms with Crippen molar-refractivity contribution < 1.29 is 5.11 Å². The van der Waals surface area contributed by atoms with Gasteiger partial charge in [-0.1, -0.05) is 13.0 Å². The summed E-state index contributed by atoms with van der Waals surface area (Å²) in [7, 11) is 0. The van der Waals surface area contributed by atoms with Crippen LogP contribution in [0, 0.1) is 0 Å². The Labute approximate surface area is 93.2 Å². The van der Waals surface area contributed by atoms with Crippen LogP contribution < -0.4 is 0 Å². The van der Waals surface area contributed by atoms with E-state index in [4.69, 9.17) is 0 Å². The molecule has 0 radical (unpaired) electrons. The maximum atomic E-state index is 10.1. The lowest BCUT2D eigenvalue weighted by Gasteiger charge is -2.11. The number of hydrogen-bond acceptors (Lipinski definition) is 3. The first-order valence-corrected chi connectivity index (χ1v) is 5.91. The van der Waals surface area contributed by atoms with Crippen molar-refractivity contribution in [3.63, 3.8) is 0 Å². The van der Waals surface area contributed by atoms with Gasteiger partial charge in [0.1, 0.15) is 6.10 Å². The first-order chi connectivity index (χ1) is 7.33. The van der Waals surface area contributed by atoms with Gasteiger partial charge < -0.3 is 5.11 Å². The molecule has 0 aliphatic rings. The molecule has 1 N–H and O–H groups in total. The van der Waals surface area contributed by atoms with E-state index in [-0.39, 0.29) is 0 Å². The molecule has 78 valence electrons. The molecule has 15 heavy (non-hydrogen) atoms. The van der Waals surface area contributed by atoms with E-state index >= 15 is 0 Å². The number of aromatic nitrogens is 1. The number of aliphatic hydroxyl groups excluding tert-OH is 1. The summed E-state index contributed by atoms with van der Waals surface area (Å²) in [5, 5.41) is 14.1. The number of rotatable bonds is 3. The number of thiophene rings is 1. The Morgan fingerprint density at radius 2 is 2.33 bits per heavy atom. The van der Waals surface area contributed by atoms with Gasteiger partial charge in [0.05, 0.1) is 5.69 Å². The van der Waals surface area contributed by atoms with Crippen molar-refractivity contribution in [2.45, 2.75) is 19.4 Å². The predicted molar refractivity (Wildman–Crippen MR) is 62.0 cm³/mol. The highest BCUT2D eigenvalue weighted by Gasteiger charge is 2.14. The van der Waals surface area contributed by atoms with Crippen LogP contribution in [-0.2, 0) is 6.42 Å². The number of pyridine rings is 1. The van der Waals surface area contributed by atoms with Gasteiger partial charge in [0.2, 0.25) is 0 Å². The lowest BCUT2D eigenvalue weighted by atomic mass is 10.0. The van der Waals surface area contributed by atoms with Gasteiger partial charge in [-0.05, 0) is 40.4 Å². The van der Waals surface area contributed by atoms with Gasteiger partial charge in [0.15, 0.2) is 0 Å². The minimum Gasteiger partial charge on any atom is -0.382 e. The van der Waals surface area contributed by atoms with Crippen molar-refractivity contribution in [3.8, 4) is 0 Å². The average molecular weight is 219 g/mol. The van der Waals surface area contributed by atoms with Crippen molar-refractivity contribution >= 4 is 11.3 Å². The molecule has 2 aromatic heterocycles. The highest BCUT2D eigenvalue weighted by Crippen LogP contribution is 2.24. The SMILES string of the molecule is CCc1cccnc1C(O)c1ccsc1. The van der Waals surface area contributed by atoms with Crippen molar-refractivity contribution in [1.82, 2.24) is 4.98 Å². The molecule has 2 nitrogen and oxygen atoms in total. The molecule has 1 atom stereocenters. The fourth-order valence-electron chi connectivity index (χ4n) is 1.58. The van der Waals surface area contributed by atoms with Crippen LogP contribution in [0.3, 0.4) is 0 Å². The Morgan fingerprint density at radius 1 is 1.47 bits per heavy atom. The zero-order valence-corrected chi connectivity index (χ0v) is 9.37. The average Bonchev–Trinajstić information content (AvgIpc) is 2.81. The van der Waals surface area contributed by atoms with Gasteiger partial charge in [-0.3, -0.25) is 4.98 Å². The number of hydrogen-bond donors (Lipinski definition) is 1. The lowest BCUT2D eigenvalue weighted by molar-refractivity contribution is 0.214. The second-order valence-corrected chi connectivity index (χ2v) is 4.14. The third kappa shape index (κ3) is 2.08. The molecule has 3 heteroatoms. The Balaban J connectivity index is 2.37. The summed E-state index contributed by atoms with van der Waals surface area (Å²) in [6, 6.07) is 5.85. The fourth-order valence-corrected chi connectivity index (χ4v) is 2.26. The van der Waals surface area contributed by atoms with E-state index in [1.54, 1.807) is 17.5 Å². The first kappa shape index (κ1) is 10.3. The van der Waals surface area contributed by atoms with Crippen LogP contribution in [0.25, 0.3) is 0 Å². The molecule has 0 aliphatic heterocycles. The summed E-state index contributed by atoms with van der Waals surface area (Å²) in [6.07, 6.45) is 2.03. The molecular formula is C12H13NOS. The quantitative estimate of drug-likeness (QED) is 0.861. The zero-order chi connectivity index (χ0) is 10.7. The summed E-state index contributed by atoms with van der Waals surface area (Å²) in [5.74, 6) is 0. The summed E-state index contributed by atoms with van der Waals surface area (Å²) >= 11 is 1.59. The van der Waals surface area contributed by atoms with E-state index in [0.29, 0.717) is 0 Å². The van der Waals surface area contributed by atoms with Gasteiger partial charge in [0, 0.05) is 6.20 Å². The molecule has 2 rings (SSSR count). The van der Waals surface area contributed by atoms with E-state index in [1.807, 2.05) is 29.0 Å². The minimum atomic E-state index is -0.590. The van der Waals surface area contributed by atoms with Crippen molar-refractivity contribution in [1.29, 1.82) is 0 Å². The summed E-state index contributed by atoms with van der Waals surface area (Å²) in [5.41, 5.74) is 2.81. The molecule has 0 fully saturated rings. The van der Waals surface area contributed by atoms with Crippen LogP contribution in [-0.4, -0.2) is 10.1 Å². The van der Waals surface area contributed by atoms with Crippen molar-refractivity contribution in [2.75, 3.05) is 0 Å². The monoisotopic (exact) mass is 219 g/mol. The van der Waals surface area contributed by atoms with E-state index in [9.17, 15) is 5.11 Å². The van der Waals surface area contributed by atoms with Crippen LogP contribution in [0.15, 0.2) is 35.2 Å². The maximum Gasteiger partial charge on any atom is 0.122 e. The smallest absolute Gasteiger partial charge is 0.122 e. The molecule has 0 aromatic carbocycles. The Kier molecular flexibility index (Phi) is 3.14. The maximum absolute atomic E-state index is 10.1. The number of nitrogens with zero attached hydrogens (tertiary/aromatic N) is 1. The van der Waals surface area contributed by atoms with Crippen LogP contribution in [0.2, 0.25) is 0 Å². The molecule has 0 saturated heterocycles. The third-order valence-corrected chi connectivity index (χ3v) is 3.13. The standard InChI is InChI=1S/C12H13NOS/c1-2-9-4-3-6-13-11(9)12(14)10-5-7-15-8-10/h3-8,12,14H,2H2,1H3. The molecule has 2 heterocycles. The van der Waals surface area contributed by atoms with Gasteiger partial charge in [-0.2, -0.15) is 11.3 Å². The highest BCUT2D eigenvalue weighted by molar-refractivity contribution is 7.07. The van der Waals surface area contributed by atoms with Crippen molar-refractivity contribution in [2.24, 2.45) is 0 Å². The Morgan fingerprint density at radius 3 is 3.00 bits per heavy atom. The second kappa shape index (κ2) is 4.55.